The van der Waals surface area contributed by atoms with Gasteiger partial charge in [0.1, 0.15) is 9.77 Å². The first kappa shape index (κ1) is 14.9. The van der Waals surface area contributed by atoms with Gasteiger partial charge in [-0.1, -0.05) is 0 Å². The van der Waals surface area contributed by atoms with E-state index >= 15 is 0 Å². The maximum absolute atomic E-state index is 12.5. The van der Waals surface area contributed by atoms with Crippen molar-refractivity contribution in [2.24, 2.45) is 0 Å². The van der Waals surface area contributed by atoms with E-state index in [1.54, 1.807) is 0 Å². The number of amides is 1. The molecular formula is C11H14N2O5S2. The van der Waals surface area contributed by atoms with Gasteiger partial charge in [-0.25, -0.2) is 13.2 Å². The molecule has 9 heteroatoms. The van der Waals surface area contributed by atoms with Crippen molar-refractivity contribution in [3.63, 3.8) is 0 Å². The summed E-state index contributed by atoms with van der Waals surface area (Å²) in [6.07, 6.45) is 0.108. The van der Waals surface area contributed by atoms with E-state index in [4.69, 9.17) is 0 Å². The Morgan fingerprint density at radius 1 is 1.45 bits per heavy atom. The maximum atomic E-state index is 12.5. The summed E-state index contributed by atoms with van der Waals surface area (Å²) in [6, 6.07) is 1.38. The average Bonchev–Trinajstić information content (AvgIpc) is 2.81. The highest BCUT2D eigenvalue weighted by Gasteiger charge is 2.31. The van der Waals surface area contributed by atoms with Crippen LogP contribution in [0.3, 0.4) is 0 Å². The molecule has 1 saturated heterocycles. The lowest BCUT2D eigenvalue weighted by Crippen LogP contribution is -2.34. The summed E-state index contributed by atoms with van der Waals surface area (Å²) < 4.78 is 30.9. The van der Waals surface area contributed by atoms with Crippen LogP contribution in [-0.4, -0.2) is 51.3 Å². The molecule has 1 fully saturated rings. The Labute approximate surface area is 120 Å². The zero-order valence-corrected chi connectivity index (χ0v) is 12.4. The summed E-state index contributed by atoms with van der Waals surface area (Å²) >= 11 is 1.02. The van der Waals surface area contributed by atoms with Gasteiger partial charge in [-0.05, 0) is 11.4 Å². The second-order valence-corrected chi connectivity index (χ2v) is 6.93. The topological polar surface area (TPSA) is 92.8 Å². The number of carbonyl (C=O) groups excluding carboxylic acids is 2. The highest BCUT2D eigenvalue weighted by atomic mass is 32.2. The van der Waals surface area contributed by atoms with E-state index in [9.17, 15) is 18.0 Å². The van der Waals surface area contributed by atoms with Crippen LogP contribution in [0.1, 0.15) is 16.1 Å². The number of rotatable bonds is 3. The van der Waals surface area contributed by atoms with Gasteiger partial charge in [0.25, 0.3) is 0 Å². The third-order valence-corrected chi connectivity index (χ3v) is 5.85. The average molecular weight is 318 g/mol. The molecule has 0 radical (unpaired) electrons. The number of methoxy groups -OCH3 is 1. The van der Waals surface area contributed by atoms with Gasteiger partial charge in [0, 0.05) is 26.1 Å². The fourth-order valence-corrected chi connectivity index (χ4v) is 4.62. The van der Waals surface area contributed by atoms with E-state index in [0.29, 0.717) is 0 Å². The summed E-state index contributed by atoms with van der Waals surface area (Å²) in [5, 5.41) is 4.13. The van der Waals surface area contributed by atoms with Crippen LogP contribution in [0.4, 0.5) is 0 Å². The number of nitrogens with zero attached hydrogens (tertiary/aromatic N) is 1. The zero-order chi connectivity index (χ0) is 14.8. The quantitative estimate of drug-likeness (QED) is 0.795. The van der Waals surface area contributed by atoms with E-state index in [0.717, 1.165) is 11.3 Å². The molecule has 1 aromatic heterocycles. The molecule has 7 nitrogen and oxygen atoms in total. The Kier molecular flexibility index (Phi) is 4.41. The molecule has 0 aromatic carbocycles. The maximum Gasteiger partial charge on any atom is 0.349 e. The van der Waals surface area contributed by atoms with E-state index in [2.05, 4.69) is 10.1 Å². The minimum Gasteiger partial charge on any atom is -0.465 e. The van der Waals surface area contributed by atoms with Gasteiger partial charge < -0.3 is 10.1 Å². The summed E-state index contributed by atoms with van der Waals surface area (Å²) in [5.41, 5.74) is 0. The fraction of sp³-hybridized carbons (Fsp3) is 0.455. The lowest BCUT2D eigenvalue weighted by atomic mass is 10.4. The molecule has 0 aliphatic carbocycles. The molecule has 0 unspecified atom stereocenters. The van der Waals surface area contributed by atoms with Crippen LogP contribution in [0.5, 0.6) is 0 Å². The summed E-state index contributed by atoms with van der Waals surface area (Å²) in [6.45, 7) is 0.547. The lowest BCUT2D eigenvalue weighted by Gasteiger charge is -2.19. The first-order valence-electron chi connectivity index (χ1n) is 5.89. The Balaban J connectivity index is 2.33. The molecule has 0 atom stereocenters. The first-order chi connectivity index (χ1) is 9.46. The second-order valence-electron chi connectivity index (χ2n) is 4.11. The molecule has 0 spiro atoms. The molecule has 1 aromatic rings. The van der Waals surface area contributed by atoms with E-state index in [1.807, 2.05) is 0 Å². The minimum absolute atomic E-state index is 0.0519. The van der Waals surface area contributed by atoms with Gasteiger partial charge in [-0.15, -0.1) is 11.3 Å². The predicted octanol–water partition coefficient (Wildman–Crippen LogP) is 0.0453. The van der Waals surface area contributed by atoms with E-state index < -0.39 is 16.0 Å². The van der Waals surface area contributed by atoms with Crippen molar-refractivity contribution in [1.29, 1.82) is 0 Å². The summed E-state index contributed by atoms with van der Waals surface area (Å²) in [4.78, 5) is 22.8. The van der Waals surface area contributed by atoms with Crippen molar-refractivity contribution in [2.45, 2.75) is 11.3 Å². The van der Waals surface area contributed by atoms with Crippen molar-refractivity contribution in [1.82, 2.24) is 9.62 Å². The zero-order valence-electron chi connectivity index (χ0n) is 10.8. The Hall–Kier alpha value is -1.45. The number of esters is 1. The standard InChI is InChI=1S/C11H14N2O5S2/c1-18-11(15)10-8(3-7-19-10)20(16,17)13-5-2-9(14)12-4-6-13/h3,7H,2,4-6H2,1H3,(H,12,14). The van der Waals surface area contributed by atoms with Crippen molar-refractivity contribution in [3.05, 3.63) is 16.3 Å². The van der Waals surface area contributed by atoms with Crippen molar-refractivity contribution in [2.75, 3.05) is 26.7 Å². The molecule has 1 N–H and O–H groups in total. The number of carbonyl (C=O) groups is 2. The van der Waals surface area contributed by atoms with E-state index in [-0.39, 0.29) is 41.7 Å². The molecule has 1 amide bonds. The molecule has 2 heterocycles. The van der Waals surface area contributed by atoms with Crippen LogP contribution in [-0.2, 0) is 19.6 Å². The third-order valence-electron chi connectivity index (χ3n) is 2.89. The minimum atomic E-state index is -3.80. The smallest absolute Gasteiger partial charge is 0.349 e. The number of thiophene rings is 1. The predicted molar refractivity (Wildman–Crippen MR) is 72.0 cm³/mol. The van der Waals surface area contributed by atoms with Gasteiger partial charge in [0.2, 0.25) is 15.9 Å². The van der Waals surface area contributed by atoms with Crippen LogP contribution in [0.15, 0.2) is 16.3 Å². The summed E-state index contributed by atoms with van der Waals surface area (Å²) in [5.74, 6) is -0.858. The van der Waals surface area contributed by atoms with Gasteiger partial charge in [0.05, 0.1) is 7.11 Å². The normalized spacial score (nSPS) is 17.4. The molecule has 1 aliphatic heterocycles. The highest BCUT2D eigenvalue weighted by Crippen LogP contribution is 2.26. The van der Waals surface area contributed by atoms with Gasteiger partial charge in [0.15, 0.2) is 0 Å². The highest BCUT2D eigenvalue weighted by molar-refractivity contribution is 7.89. The molecule has 20 heavy (non-hydrogen) atoms. The van der Waals surface area contributed by atoms with Crippen LogP contribution >= 0.6 is 11.3 Å². The molecule has 0 bridgehead atoms. The number of hydrogen-bond acceptors (Lipinski definition) is 6. The molecular weight excluding hydrogens is 304 g/mol. The van der Waals surface area contributed by atoms with Crippen molar-refractivity contribution >= 4 is 33.2 Å². The number of ether oxygens (including phenoxy) is 1. The molecule has 2 rings (SSSR count). The Morgan fingerprint density at radius 3 is 2.90 bits per heavy atom. The number of sulfonamides is 1. The first-order valence-corrected chi connectivity index (χ1v) is 8.21. The third kappa shape index (κ3) is 2.84. The number of nitrogens with one attached hydrogen (secondary N) is 1. The van der Waals surface area contributed by atoms with E-state index in [1.165, 1.54) is 22.9 Å². The molecule has 0 saturated carbocycles. The van der Waals surface area contributed by atoms with Gasteiger partial charge in [-0.3, -0.25) is 4.79 Å². The monoisotopic (exact) mass is 318 g/mol. The largest absolute Gasteiger partial charge is 0.465 e. The Morgan fingerprint density at radius 2 is 2.20 bits per heavy atom. The molecule has 1 aliphatic rings. The van der Waals surface area contributed by atoms with Crippen molar-refractivity contribution < 1.29 is 22.7 Å². The van der Waals surface area contributed by atoms with Gasteiger partial charge in [-0.2, -0.15) is 4.31 Å². The van der Waals surface area contributed by atoms with Crippen molar-refractivity contribution in [3.8, 4) is 0 Å². The molecule has 110 valence electrons. The Bertz CT molecular complexity index is 623. The van der Waals surface area contributed by atoms with Crippen LogP contribution in [0.25, 0.3) is 0 Å². The SMILES string of the molecule is COC(=O)c1sccc1S(=O)(=O)N1CCNC(=O)CC1. The second kappa shape index (κ2) is 5.90. The fourth-order valence-electron chi connectivity index (χ4n) is 1.87. The van der Waals surface area contributed by atoms with Crippen LogP contribution < -0.4 is 5.32 Å². The number of hydrogen-bond donors (Lipinski definition) is 1. The summed E-state index contributed by atoms with van der Waals surface area (Å²) in [7, 11) is -2.60. The van der Waals surface area contributed by atoms with Gasteiger partial charge >= 0.3 is 5.97 Å². The van der Waals surface area contributed by atoms with Crippen LogP contribution in [0.2, 0.25) is 0 Å². The van der Waals surface area contributed by atoms with Crippen LogP contribution in [0, 0.1) is 0 Å². The lowest BCUT2D eigenvalue weighted by molar-refractivity contribution is -0.120.